The second-order valence-electron chi connectivity index (χ2n) is 3.98. The number of carbonyl (C=O) groups is 1. The molecule has 0 saturated heterocycles. The van der Waals surface area contributed by atoms with Gasteiger partial charge >= 0.3 is 5.97 Å². The van der Waals surface area contributed by atoms with Crippen molar-refractivity contribution in [3.05, 3.63) is 29.8 Å². The number of oxime groups is 1. The van der Waals surface area contributed by atoms with Crippen LogP contribution in [0.4, 0.5) is 0 Å². The summed E-state index contributed by atoms with van der Waals surface area (Å²) in [6.07, 6.45) is 3.64. The van der Waals surface area contributed by atoms with E-state index in [2.05, 4.69) is 12.1 Å². The number of rotatable bonds is 9. The van der Waals surface area contributed by atoms with Gasteiger partial charge < -0.3 is 14.7 Å². The van der Waals surface area contributed by atoms with Gasteiger partial charge in [0.2, 0.25) is 0 Å². The van der Waals surface area contributed by atoms with Gasteiger partial charge in [0.25, 0.3) is 0 Å². The Hall–Kier alpha value is -2.04. The van der Waals surface area contributed by atoms with Gasteiger partial charge in [0, 0.05) is 0 Å². The van der Waals surface area contributed by atoms with Crippen molar-refractivity contribution in [1.82, 2.24) is 0 Å². The number of aliphatic carboxylic acids is 1. The highest BCUT2D eigenvalue weighted by Crippen LogP contribution is 2.11. The Balaban J connectivity index is 2.31. The fraction of sp³-hybridized carbons (Fsp3) is 0.429. The summed E-state index contributed by atoms with van der Waals surface area (Å²) in [7, 11) is 0. The number of unbranched alkanes of at least 4 members (excludes halogenated alkanes) is 1. The van der Waals surface area contributed by atoms with E-state index in [0.29, 0.717) is 0 Å². The summed E-state index contributed by atoms with van der Waals surface area (Å²) in [4.78, 5) is 15.0. The van der Waals surface area contributed by atoms with Gasteiger partial charge in [-0.05, 0) is 36.2 Å². The average molecular weight is 265 g/mol. The number of carboxylic acids is 1. The van der Waals surface area contributed by atoms with Gasteiger partial charge in [-0.15, -0.1) is 0 Å². The van der Waals surface area contributed by atoms with Crippen LogP contribution >= 0.6 is 0 Å². The highest BCUT2D eigenvalue weighted by molar-refractivity contribution is 5.79. The molecule has 19 heavy (non-hydrogen) atoms. The standard InChI is InChI=1S/C14H19NO4/c1-2-3-9-18-13-6-4-12(5-7-13)11-15-19-10-8-14(16)17/h4-7,11H,2-3,8-10H2,1H3,(H,16,17)/b15-11+. The van der Waals surface area contributed by atoms with Crippen LogP contribution in [-0.2, 0) is 9.63 Å². The fourth-order valence-electron chi connectivity index (χ4n) is 1.27. The highest BCUT2D eigenvalue weighted by atomic mass is 16.6. The van der Waals surface area contributed by atoms with Crippen molar-refractivity contribution in [2.75, 3.05) is 13.2 Å². The zero-order chi connectivity index (χ0) is 13.9. The van der Waals surface area contributed by atoms with E-state index in [0.717, 1.165) is 30.8 Å². The smallest absolute Gasteiger partial charge is 0.306 e. The molecule has 0 aliphatic carbocycles. The van der Waals surface area contributed by atoms with Gasteiger partial charge in [-0.25, -0.2) is 0 Å². The molecule has 0 spiro atoms. The summed E-state index contributed by atoms with van der Waals surface area (Å²) in [5.74, 6) is -0.0684. The number of benzene rings is 1. The van der Waals surface area contributed by atoms with E-state index in [-0.39, 0.29) is 13.0 Å². The molecule has 0 radical (unpaired) electrons. The molecule has 0 aliphatic rings. The van der Waals surface area contributed by atoms with Gasteiger partial charge in [0.15, 0.2) is 0 Å². The summed E-state index contributed by atoms with van der Waals surface area (Å²) < 4.78 is 5.53. The lowest BCUT2D eigenvalue weighted by atomic mass is 10.2. The molecule has 1 N–H and O–H groups in total. The fourth-order valence-corrected chi connectivity index (χ4v) is 1.27. The molecule has 0 amide bonds. The normalized spacial score (nSPS) is 10.6. The quantitative estimate of drug-likeness (QED) is 0.423. The van der Waals surface area contributed by atoms with E-state index in [1.165, 1.54) is 6.21 Å². The van der Waals surface area contributed by atoms with Crippen LogP contribution in [-0.4, -0.2) is 30.5 Å². The lowest BCUT2D eigenvalue weighted by Crippen LogP contribution is -1.99. The van der Waals surface area contributed by atoms with Crippen LogP contribution in [0.25, 0.3) is 0 Å². The molecule has 1 aromatic rings. The number of hydrogen-bond acceptors (Lipinski definition) is 4. The predicted molar refractivity (Wildman–Crippen MR) is 72.6 cm³/mol. The molecule has 104 valence electrons. The summed E-state index contributed by atoms with van der Waals surface area (Å²) in [6, 6.07) is 7.47. The first-order valence-corrected chi connectivity index (χ1v) is 6.32. The SMILES string of the molecule is CCCCOc1ccc(/C=N/OCCC(=O)O)cc1. The van der Waals surface area contributed by atoms with Crippen LogP contribution in [0, 0.1) is 0 Å². The Morgan fingerprint density at radius 3 is 2.68 bits per heavy atom. The molecule has 0 fully saturated rings. The molecular formula is C14H19NO4. The van der Waals surface area contributed by atoms with E-state index < -0.39 is 5.97 Å². The molecule has 1 rings (SSSR count). The topological polar surface area (TPSA) is 68.1 Å². The minimum atomic E-state index is -0.899. The molecule has 0 aliphatic heterocycles. The zero-order valence-electron chi connectivity index (χ0n) is 11.0. The van der Waals surface area contributed by atoms with Gasteiger partial charge in [-0.1, -0.05) is 18.5 Å². The minimum Gasteiger partial charge on any atom is -0.494 e. The largest absolute Gasteiger partial charge is 0.494 e. The molecule has 5 heteroatoms. The van der Waals surface area contributed by atoms with Gasteiger partial charge in [0.1, 0.15) is 12.4 Å². The molecule has 0 aromatic heterocycles. The Kier molecular flexibility index (Phi) is 7.09. The third-order valence-corrected chi connectivity index (χ3v) is 2.33. The maximum atomic E-state index is 10.2. The zero-order valence-corrected chi connectivity index (χ0v) is 11.0. The van der Waals surface area contributed by atoms with Crippen molar-refractivity contribution in [3.63, 3.8) is 0 Å². The van der Waals surface area contributed by atoms with Crippen molar-refractivity contribution < 1.29 is 19.5 Å². The first-order chi connectivity index (χ1) is 9.22. The second kappa shape index (κ2) is 8.97. The van der Waals surface area contributed by atoms with E-state index in [9.17, 15) is 4.79 Å². The van der Waals surface area contributed by atoms with E-state index >= 15 is 0 Å². The van der Waals surface area contributed by atoms with E-state index in [1.807, 2.05) is 24.3 Å². The minimum absolute atomic E-state index is 0.0540. The molecule has 0 bridgehead atoms. The summed E-state index contributed by atoms with van der Waals surface area (Å²) in [5.41, 5.74) is 0.873. The van der Waals surface area contributed by atoms with E-state index in [1.54, 1.807) is 0 Å². The Morgan fingerprint density at radius 2 is 2.05 bits per heavy atom. The van der Waals surface area contributed by atoms with Crippen LogP contribution in [0.3, 0.4) is 0 Å². The third kappa shape index (κ3) is 7.08. The van der Waals surface area contributed by atoms with E-state index in [4.69, 9.17) is 14.7 Å². The van der Waals surface area contributed by atoms with Crippen LogP contribution in [0.2, 0.25) is 0 Å². The van der Waals surface area contributed by atoms with Crippen molar-refractivity contribution >= 4 is 12.2 Å². The molecule has 0 heterocycles. The molecule has 5 nitrogen and oxygen atoms in total. The summed E-state index contributed by atoms with van der Waals surface area (Å²) >= 11 is 0. The summed E-state index contributed by atoms with van der Waals surface area (Å²) in [5, 5.41) is 12.1. The van der Waals surface area contributed by atoms with Crippen molar-refractivity contribution in [3.8, 4) is 5.75 Å². The maximum absolute atomic E-state index is 10.2. The first kappa shape index (κ1) is 15.0. The number of carboxylic acid groups (broad SMARTS) is 1. The lowest BCUT2D eigenvalue weighted by Gasteiger charge is -2.04. The average Bonchev–Trinajstić information content (AvgIpc) is 2.40. The van der Waals surface area contributed by atoms with Gasteiger partial charge in [0.05, 0.1) is 19.2 Å². The molecular weight excluding hydrogens is 246 g/mol. The van der Waals surface area contributed by atoms with Crippen LogP contribution in [0.1, 0.15) is 31.7 Å². The van der Waals surface area contributed by atoms with Crippen LogP contribution in [0.15, 0.2) is 29.4 Å². The highest BCUT2D eigenvalue weighted by Gasteiger charge is 1.96. The Labute approximate surface area is 112 Å². The number of hydrogen-bond donors (Lipinski definition) is 1. The lowest BCUT2D eigenvalue weighted by molar-refractivity contribution is -0.138. The molecule has 1 aromatic carbocycles. The number of ether oxygens (including phenoxy) is 1. The van der Waals surface area contributed by atoms with Crippen LogP contribution < -0.4 is 4.74 Å². The maximum Gasteiger partial charge on any atom is 0.306 e. The van der Waals surface area contributed by atoms with Crippen molar-refractivity contribution in [1.29, 1.82) is 0 Å². The van der Waals surface area contributed by atoms with Crippen molar-refractivity contribution in [2.45, 2.75) is 26.2 Å². The Morgan fingerprint density at radius 1 is 1.32 bits per heavy atom. The molecule has 0 saturated carbocycles. The Bertz CT molecular complexity index is 400. The monoisotopic (exact) mass is 265 g/mol. The number of nitrogens with zero attached hydrogens (tertiary/aromatic N) is 1. The molecule has 0 atom stereocenters. The van der Waals surface area contributed by atoms with Crippen molar-refractivity contribution in [2.24, 2.45) is 5.16 Å². The summed E-state index contributed by atoms with van der Waals surface area (Å²) in [6.45, 7) is 2.92. The predicted octanol–water partition coefficient (Wildman–Crippen LogP) is 2.69. The first-order valence-electron chi connectivity index (χ1n) is 6.32. The van der Waals surface area contributed by atoms with Gasteiger partial charge in [-0.3, -0.25) is 4.79 Å². The molecule has 0 unspecified atom stereocenters. The van der Waals surface area contributed by atoms with Crippen LogP contribution in [0.5, 0.6) is 5.75 Å². The second-order valence-corrected chi connectivity index (χ2v) is 3.98. The van der Waals surface area contributed by atoms with Gasteiger partial charge in [-0.2, -0.15) is 0 Å². The third-order valence-electron chi connectivity index (χ3n) is 2.33.